The molecular formula is C19H26ClIN4O. The first-order valence-corrected chi connectivity index (χ1v) is 9.36. The van der Waals surface area contributed by atoms with Crippen LogP contribution in [0.1, 0.15) is 18.4 Å². The number of rotatable bonds is 3. The molecular weight excluding hydrogens is 463 g/mol. The lowest BCUT2D eigenvalue weighted by Gasteiger charge is -2.24. The number of nitrogens with one attached hydrogen (secondary N) is 2. The van der Waals surface area contributed by atoms with Gasteiger partial charge in [-0.3, -0.25) is 4.99 Å². The number of halogens is 2. The molecule has 4 rings (SSSR count). The van der Waals surface area contributed by atoms with E-state index in [1.54, 1.807) is 0 Å². The van der Waals surface area contributed by atoms with E-state index in [4.69, 9.17) is 16.3 Å². The van der Waals surface area contributed by atoms with Crippen LogP contribution < -0.4 is 5.32 Å². The van der Waals surface area contributed by atoms with Gasteiger partial charge >= 0.3 is 0 Å². The second kappa shape index (κ2) is 8.35. The Morgan fingerprint density at radius 2 is 2.31 bits per heavy atom. The fourth-order valence-corrected chi connectivity index (χ4v) is 4.26. The van der Waals surface area contributed by atoms with Crippen molar-refractivity contribution in [3.05, 3.63) is 35.0 Å². The number of aliphatic imine (C=N–C) groups is 1. The van der Waals surface area contributed by atoms with Crippen LogP contribution in [0, 0.1) is 5.41 Å². The molecule has 1 aromatic heterocycles. The van der Waals surface area contributed by atoms with Gasteiger partial charge in [-0.1, -0.05) is 11.6 Å². The first kappa shape index (κ1) is 19.8. The van der Waals surface area contributed by atoms with Gasteiger partial charge in [0.2, 0.25) is 0 Å². The normalized spacial score (nSPS) is 23.0. The number of fused-ring (bicyclic) bond motifs is 1. The number of hydrogen-bond donors (Lipinski definition) is 2. The van der Waals surface area contributed by atoms with Crippen LogP contribution in [0.5, 0.6) is 0 Å². The Hall–Kier alpha value is -0.990. The Labute approximate surface area is 176 Å². The number of nitrogens with zero attached hydrogens (tertiary/aromatic N) is 2. The molecule has 2 saturated heterocycles. The van der Waals surface area contributed by atoms with Crippen LogP contribution >= 0.6 is 35.6 Å². The van der Waals surface area contributed by atoms with Crippen molar-refractivity contribution in [2.24, 2.45) is 10.4 Å². The van der Waals surface area contributed by atoms with Gasteiger partial charge in [0.1, 0.15) is 0 Å². The minimum Gasteiger partial charge on any atom is -0.381 e. The molecule has 2 aliphatic heterocycles. The van der Waals surface area contributed by atoms with E-state index in [0.29, 0.717) is 5.41 Å². The van der Waals surface area contributed by atoms with Crippen molar-refractivity contribution in [1.82, 2.24) is 15.2 Å². The highest BCUT2D eigenvalue weighted by atomic mass is 127. The average Bonchev–Trinajstić information content (AvgIpc) is 3.34. The van der Waals surface area contributed by atoms with Crippen LogP contribution in [-0.4, -0.2) is 55.7 Å². The fraction of sp³-hybridized carbons (Fsp3) is 0.526. The summed E-state index contributed by atoms with van der Waals surface area (Å²) in [7, 11) is 1.87. The second-order valence-electron chi connectivity index (χ2n) is 7.20. The molecule has 1 unspecified atom stereocenters. The largest absolute Gasteiger partial charge is 0.381 e. The highest BCUT2D eigenvalue weighted by Gasteiger charge is 2.42. The summed E-state index contributed by atoms with van der Waals surface area (Å²) >= 11 is 6.13. The standard InChI is InChI=1S/C19H25ClN4O.HI/c1-21-18(24-8-5-19(12-24)6-9-25-13-19)22-7-4-14-11-23-17-3-2-15(20)10-16(14)17;/h2-3,10-11,23H,4-9,12-13H2,1H3,(H,21,22);1H. The van der Waals surface area contributed by atoms with E-state index < -0.39 is 0 Å². The SMILES string of the molecule is CN=C(NCCc1c[nH]c2ccc(Cl)cc12)N1CCC2(CCOC2)C1.I. The van der Waals surface area contributed by atoms with E-state index in [9.17, 15) is 0 Å². The molecule has 7 heteroatoms. The van der Waals surface area contributed by atoms with E-state index >= 15 is 0 Å². The van der Waals surface area contributed by atoms with Gasteiger partial charge in [-0.25, -0.2) is 0 Å². The van der Waals surface area contributed by atoms with Gasteiger partial charge < -0.3 is 19.9 Å². The number of aromatic amines is 1. The van der Waals surface area contributed by atoms with Crippen molar-refractivity contribution in [2.45, 2.75) is 19.3 Å². The monoisotopic (exact) mass is 488 g/mol. The van der Waals surface area contributed by atoms with Crippen LogP contribution in [0.25, 0.3) is 10.9 Å². The summed E-state index contributed by atoms with van der Waals surface area (Å²) in [6.07, 6.45) is 5.39. The van der Waals surface area contributed by atoms with Gasteiger partial charge in [0.25, 0.3) is 0 Å². The van der Waals surface area contributed by atoms with Crippen LogP contribution in [0.2, 0.25) is 5.02 Å². The summed E-state index contributed by atoms with van der Waals surface area (Å²) in [6.45, 7) is 4.77. The van der Waals surface area contributed by atoms with Crippen molar-refractivity contribution in [1.29, 1.82) is 0 Å². The van der Waals surface area contributed by atoms with Crippen molar-refractivity contribution in [3.63, 3.8) is 0 Å². The highest BCUT2D eigenvalue weighted by Crippen LogP contribution is 2.38. The number of H-pyrrole nitrogens is 1. The molecule has 1 atom stereocenters. The van der Waals surface area contributed by atoms with Gasteiger partial charge in [0.05, 0.1) is 6.61 Å². The van der Waals surface area contributed by atoms with E-state index in [0.717, 1.165) is 55.8 Å². The molecule has 142 valence electrons. The summed E-state index contributed by atoms with van der Waals surface area (Å²) in [4.78, 5) is 10.2. The predicted molar refractivity (Wildman–Crippen MR) is 118 cm³/mol. The Morgan fingerprint density at radius 3 is 3.08 bits per heavy atom. The van der Waals surface area contributed by atoms with Crippen molar-refractivity contribution >= 4 is 52.4 Å². The molecule has 2 N–H and O–H groups in total. The molecule has 0 aliphatic carbocycles. The minimum atomic E-state index is 0. The Kier molecular flexibility index (Phi) is 6.35. The van der Waals surface area contributed by atoms with Crippen LogP contribution in [0.4, 0.5) is 0 Å². The number of hydrogen-bond acceptors (Lipinski definition) is 2. The summed E-state index contributed by atoms with van der Waals surface area (Å²) in [5.41, 5.74) is 2.76. The summed E-state index contributed by atoms with van der Waals surface area (Å²) in [6, 6.07) is 5.98. The van der Waals surface area contributed by atoms with E-state index in [1.807, 2.05) is 25.2 Å². The number of benzene rings is 1. The van der Waals surface area contributed by atoms with Crippen LogP contribution in [0.15, 0.2) is 29.4 Å². The summed E-state index contributed by atoms with van der Waals surface area (Å²) in [5, 5.41) is 5.50. The molecule has 5 nitrogen and oxygen atoms in total. The lowest BCUT2D eigenvalue weighted by Crippen LogP contribution is -2.42. The fourth-order valence-electron chi connectivity index (χ4n) is 4.09. The number of ether oxygens (including phenoxy) is 1. The zero-order valence-electron chi connectivity index (χ0n) is 15.1. The average molecular weight is 489 g/mol. The number of aromatic nitrogens is 1. The maximum atomic E-state index is 6.13. The maximum Gasteiger partial charge on any atom is 0.193 e. The van der Waals surface area contributed by atoms with Gasteiger partial charge in [0.15, 0.2) is 5.96 Å². The third kappa shape index (κ3) is 3.97. The van der Waals surface area contributed by atoms with E-state index in [1.165, 1.54) is 23.8 Å². The lowest BCUT2D eigenvalue weighted by atomic mass is 9.87. The number of guanidine groups is 1. The first-order chi connectivity index (χ1) is 12.2. The lowest BCUT2D eigenvalue weighted by molar-refractivity contribution is 0.156. The molecule has 2 aliphatic rings. The Balaban J connectivity index is 0.00000196. The van der Waals surface area contributed by atoms with E-state index in [-0.39, 0.29) is 24.0 Å². The molecule has 0 radical (unpaired) electrons. The Morgan fingerprint density at radius 1 is 1.42 bits per heavy atom. The van der Waals surface area contributed by atoms with Crippen molar-refractivity contribution in [3.8, 4) is 0 Å². The first-order valence-electron chi connectivity index (χ1n) is 8.98. The molecule has 3 heterocycles. The van der Waals surface area contributed by atoms with E-state index in [2.05, 4.69) is 26.4 Å². The summed E-state index contributed by atoms with van der Waals surface area (Å²) in [5.74, 6) is 1.00. The van der Waals surface area contributed by atoms with Crippen molar-refractivity contribution < 1.29 is 4.74 Å². The number of likely N-dealkylation sites (tertiary alicyclic amines) is 1. The van der Waals surface area contributed by atoms with Gasteiger partial charge in [-0.15, -0.1) is 24.0 Å². The molecule has 0 amide bonds. The highest BCUT2D eigenvalue weighted by molar-refractivity contribution is 14.0. The maximum absolute atomic E-state index is 6.13. The van der Waals surface area contributed by atoms with Crippen LogP contribution in [-0.2, 0) is 11.2 Å². The second-order valence-corrected chi connectivity index (χ2v) is 7.64. The molecule has 0 saturated carbocycles. The van der Waals surface area contributed by atoms with Gasteiger partial charge in [-0.2, -0.15) is 0 Å². The molecule has 1 aromatic carbocycles. The molecule has 0 bridgehead atoms. The molecule has 2 fully saturated rings. The zero-order valence-corrected chi connectivity index (χ0v) is 18.1. The van der Waals surface area contributed by atoms with Gasteiger partial charge in [0, 0.05) is 60.8 Å². The quantitative estimate of drug-likeness (QED) is 0.394. The Bertz CT molecular complexity index is 785. The molecule has 26 heavy (non-hydrogen) atoms. The smallest absolute Gasteiger partial charge is 0.193 e. The molecule has 2 aromatic rings. The minimum absolute atomic E-state index is 0. The zero-order chi connectivity index (χ0) is 17.3. The summed E-state index contributed by atoms with van der Waals surface area (Å²) < 4.78 is 5.62. The third-order valence-electron chi connectivity index (χ3n) is 5.54. The third-order valence-corrected chi connectivity index (χ3v) is 5.78. The van der Waals surface area contributed by atoms with Gasteiger partial charge in [-0.05, 0) is 43.0 Å². The predicted octanol–water partition coefficient (Wildman–Crippen LogP) is 3.67. The topological polar surface area (TPSA) is 52.7 Å². The molecule has 1 spiro atoms. The van der Waals surface area contributed by atoms with Crippen LogP contribution in [0.3, 0.4) is 0 Å². The van der Waals surface area contributed by atoms with Crippen molar-refractivity contribution in [2.75, 3.05) is 39.9 Å².